The fraction of sp³-hybridized carbons (Fsp3) is 0.0588. The number of sulfone groups is 2. The first kappa shape index (κ1) is 85.3. The van der Waals surface area contributed by atoms with Gasteiger partial charge in [-0.2, -0.15) is 26.3 Å². The van der Waals surface area contributed by atoms with Crippen molar-refractivity contribution in [3.63, 3.8) is 0 Å². The molecular formula is C51H42AsCl6F18I4O4S2Sb2+. The van der Waals surface area contributed by atoms with E-state index in [0.29, 0.717) is 0 Å². The Labute approximate surface area is 560 Å². The summed E-state index contributed by atoms with van der Waals surface area (Å²) in [5.41, 5.74) is -12.1. The molecule has 37 heteroatoms. The van der Waals surface area contributed by atoms with E-state index < -0.39 is 78.6 Å². The number of hydrogen-bond acceptors (Lipinski definition) is 4. The summed E-state index contributed by atoms with van der Waals surface area (Å²) in [6.45, 7) is 0. The van der Waals surface area contributed by atoms with E-state index in [1.54, 1.807) is 0 Å². The van der Waals surface area contributed by atoms with Gasteiger partial charge in [-0.05, 0) is 97.1 Å². The largest absolute Gasteiger partial charge is 0.357 e. The molecule has 88 heavy (non-hydrogen) atoms. The van der Waals surface area contributed by atoms with Gasteiger partial charge in [0.1, 0.15) is 0 Å². The van der Waals surface area contributed by atoms with E-state index in [4.69, 9.17) is 53.0 Å². The van der Waals surface area contributed by atoms with E-state index >= 15 is 0 Å². The van der Waals surface area contributed by atoms with Crippen LogP contribution in [0.4, 0.5) is 64.0 Å². The molecule has 4 nitrogen and oxygen atoms in total. The Morgan fingerprint density at radius 2 is 0.386 bits per heavy atom. The van der Waals surface area contributed by atoms with Crippen molar-refractivity contribution in [1.29, 1.82) is 0 Å². The van der Waals surface area contributed by atoms with E-state index in [1.165, 1.54) is 28.6 Å². The van der Waals surface area contributed by atoms with E-state index in [-0.39, 0.29) is 84.8 Å². The minimum atomic E-state index is -11.2. The molecule has 0 heterocycles. The fourth-order valence-electron chi connectivity index (χ4n) is 4.66. The smallest absolute Gasteiger partial charge is 0.0619 e. The summed E-state index contributed by atoms with van der Waals surface area (Å²) in [5.74, 6) is 0. The summed E-state index contributed by atoms with van der Waals surface area (Å²) in [7, 11) is 12.3. The van der Waals surface area contributed by atoms with Crippen LogP contribution in [0.25, 0.3) is 0 Å². The SMILES string of the molecule is F[As-](F)(F)(F)(F)F.O=S(=O)(CS(=O)(=O)C(F)(F)F)C(F)(F)F.[Cl][Sb-]([Cl])([Cl])([Cl])([Cl])[Cl].[F][Sb-]([F])([F])([F])([F])[F].c1ccc([I+]c2ccccc2)cc1.c1ccc([I+]c2ccccc2)cc1.c1ccc([I+]c2ccccc2)cc1.c1ccc([I+]c2ccccc2)cc1. The van der Waals surface area contributed by atoms with Gasteiger partial charge in [-0.1, -0.05) is 146 Å². The molecule has 0 atom stereocenters. The van der Waals surface area contributed by atoms with Crippen LogP contribution in [-0.2, 0) is 19.7 Å². The molecule has 0 N–H and O–H groups in total. The molecule has 0 bridgehead atoms. The van der Waals surface area contributed by atoms with Gasteiger partial charge >= 0.3 is 229 Å². The maximum atomic E-state index is 11.5. The molecule has 0 aliphatic carbocycles. The third-order valence-corrected chi connectivity index (χ3v) is 22.4. The van der Waals surface area contributed by atoms with Gasteiger partial charge in [0.05, 0.1) is 0 Å². The van der Waals surface area contributed by atoms with Crippen molar-refractivity contribution in [2.75, 3.05) is 5.08 Å². The third-order valence-electron chi connectivity index (χ3n) is 7.75. The van der Waals surface area contributed by atoms with Gasteiger partial charge in [0.15, 0.2) is 33.6 Å². The van der Waals surface area contributed by atoms with Crippen molar-refractivity contribution in [3.05, 3.63) is 271 Å². The van der Waals surface area contributed by atoms with E-state index in [9.17, 15) is 80.9 Å². The van der Waals surface area contributed by atoms with Gasteiger partial charge in [0.2, 0.25) is 0 Å². The van der Waals surface area contributed by atoms with Crippen LogP contribution in [0.1, 0.15) is 0 Å². The van der Waals surface area contributed by atoms with Gasteiger partial charge in [-0.25, -0.2) is 16.8 Å². The van der Waals surface area contributed by atoms with Gasteiger partial charge in [0.25, 0.3) is 19.7 Å². The Hall–Kier alpha value is -0.745. The number of rotatable bonds is 10. The zero-order valence-electron chi connectivity index (χ0n) is 43.2. The number of benzene rings is 8. The van der Waals surface area contributed by atoms with Gasteiger partial charge in [-0.3, -0.25) is 0 Å². The van der Waals surface area contributed by atoms with Crippen LogP contribution in [0.15, 0.2) is 243 Å². The number of hydrogen-bond donors (Lipinski definition) is 0. The molecule has 0 saturated carbocycles. The minimum Gasteiger partial charge on any atom is -0.0619 e. The van der Waals surface area contributed by atoms with Crippen LogP contribution in [0.5, 0.6) is 0 Å². The van der Waals surface area contributed by atoms with Crippen LogP contribution < -0.4 is 84.8 Å². The summed E-state index contributed by atoms with van der Waals surface area (Å²) < 4.78 is 240. The summed E-state index contributed by atoms with van der Waals surface area (Å²) in [6, 6.07) is 85.6. The minimum absolute atomic E-state index is 0.0287. The molecule has 8 aromatic rings. The molecule has 0 unspecified atom stereocenters. The molecule has 0 aliphatic heterocycles. The van der Waals surface area contributed by atoms with Crippen molar-refractivity contribution in [3.8, 4) is 0 Å². The Balaban J connectivity index is 0.000000511. The Morgan fingerprint density at radius 3 is 0.466 bits per heavy atom. The predicted octanol–water partition coefficient (Wildman–Crippen LogP) is 8.11. The molecule has 0 aromatic heterocycles. The normalized spacial score (nSPS) is 14.0. The molecule has 8 aromatic carbocycles. The van der Waals surface area contributed by atoms with Crippen molar-refractivity contribution in [1.82, 2.24) is 0 Å². The van der Waals surface area contributed by atoms with Gasteiger partial charge in [0, 0.05) is 0 Å². The average molecular weight is 2160 g/mol. The number of alkyl halides is 6. The van der Waals surface area contributed by atoms with Gasteiger partial charge < -0.3 is 0 Å². The number of halogens is 28. The first-order valence-corrected chi connectivity index (χ1v) is 64.0. The Kier molecular flexibility index (Phi) is 32.2. The quantitative estimate of drug-likeness (QED) is 0.0790. The maximum Gasteiger partial charge on any atom is 0.357 e. The fourth-order valence-corrected chi connectivity index (χ4v) is 16.4. The molecule has 0 saturated heterocycles. The first-order chi connectivity index (χ1) is 39.4. The van der Waals surface area contributed by atoms with Crippen LogP contribution in [0, 0.1) is 28.6 Å². The summed E-state index contributed by atoms with van der Waals surface area (Å²) >= 11 is -22.2. The van der Waals surface area contributed by atoms with Crippen molar-refractivity contribution in [2.45, 2.75) is 11.0 Å². The van der Waals surface area contributed by atoms with E-state index in [1.807, 2.05) is 0 Å². The monoisotopic (exact) mass is 2160 g/mol. The molecule has 0 amide bonds. The Morgan fingerprint density at radius 1 is 0.295 bits per heavy atom. The van der Waals surface area contributed by atoms with E-state index in [0.717, 1.165) is 0 Å². The maximum absolute atomic E-state index is 11.5. The van der Waals surface area contributed by atoms with Crippen LogP contribution in [0.2, 0.25) is 0 Å². The van der Waals surface area contributed by atoms with E-state index in [2.05, 4.69) is 243 Å². The molecule has 0 radical (unpaired) electrons. The second-order valence-electron chi connectivity index (χ2n) is 15.9. The first-order valence-electron chi connectivity index (χ1n) is 22.6. The third kappa shape index (κ3) is 56.8. The molecule has 0 aliphatic rings. The second-order valence-corrected chi connectivity index (χ2v) is 98.7. The van der Waals surface area contributed by atoms with Crippen molar-refractivity contribution >= 4 is 115 Å². The molecule has 8 rings (SSSR count). The molecule has 492 valence electrons. The second kappa shape index (κ2) is 33.3. The molecule has 0 fully saturated rings. The summed E-state index contributed by atoms with van der Waals surface area (Å²) in [4.78, 5) is 0. The van der Waals surface area contributed by atoms with Crippen molar-refractivity contribution < 1.29 is 166 Å². The zero-order valence-corrected chi connectivity index (χ0v) is 65.0. The average Bonchev–Trinajstić information content (AvgIpc) is 1.53. The molecule has 0 spiro atoms. The Bertz CT molecular complexity index is 2950. The zero-order chi connectivity index (χ0) is 67.7. The predicted molar refractivity (Wildman–Crippen MR) is 302 cm³/mol. The van der Waals surface area contributed by atoms with Crippen LogP contribution in [-0.4, -0.2) is 75.7 Å². The topological polar surface area (TPSA) is 68.3 Å². The summed E-state index contributed by atoms with van der Waals surface area (Å²) in [6.07, 6.45) is 0. The molecular weight excluding hydrogens is 2120 g/mol. The summed E-state index contributed by atoms with van der Waals surface area (Å²) in [5, 5.41) is -3.03. The van der Waals surface area contributed by atoms with Gasteiger partial charge in [-0.15, -0.1) is 0 Å². The van der Waals surface area contributed by atoms with Crippen molar-refractivity contribution in [2.24, 2.45) is 0 Å². The van der Waals surface area contributed by atoms with Crippen LogP contribution in [0.3, 0.4) is 0 Å². The van der Waals surface area contributed by atoms with Crippen LogP contribution >= 0.6 is 53.0 Å². The standard InChI is InChI=1S/4C12H10I.C3H2F6O4S2.AsF6.6ClH.6FH.2Sb/c4*1-3-7-11(8-4-1)13-12-9-5-2-6-10-12;4-2(5,6)14(10,11)1-15(12,13)3(7,8)9;2-1(3,4,5,6)7;;;;;;;;;;;;;;/h4*1-10H;1H2;;12*1H;;/q4*+1;;-1;;;;;;;;;;;;;2*+5/p-12.